The fraction of sp³-hybridized carbons (Fsp3) is 0.929. The van der Waals surface area contributed by atoms with Crippen LogP contribution < -0.4 is 0 Å². The molecule has 0 radical (unpaired) electrons. The number of esters is 2. The van der Waals surface area contributed by atoms with Gasteiger partial charge in [0.2, 0.25) is 0 Å². The van der Waals surface area contributed by atoms with Crippen LogP contribution in [-0.2, 0) is 19.1 Å². The fourth-order valence-electron chi connectivity index (χ4n) is 4.62. The Bertz CT molecular complexity index is 486. The quantitative estimate of drug-likeness (QED) is 0.157. The lowest BCUT2D eigenvalue weighted by Crippen LogP contribution is -2.35. The predicted octanol–water partition coefficient (Wildman–Crippen LogP) is 7.87. The Hall–Kier alpha value is -1.06. The summed E-state index contributed by atoms with van der Waals surface area (Å²) in [6.07, 6.45) is 17.9. The molecule has 0 heterocycles. The average molecular weight is 453 g/mol. The number of hydrogen-bond donors (Lipinski definition) is 0. The first-order chi connectivity index (χ1) is 15.4. The molecule has 1 aliphatic carbocycles. The van der Waals surface area contributed by atoms with E-state index in [2.05, 4.69) is 27.7 Å². The molecule has 0 amide bonds. The van der Waals surface area contributed by atoms with Crippen molar-refractivity contribution in [3.05, 3.63) is 0 Å². The number of carbonyl (C=O) groups is 2. The van der Waals surface area contributed by atoms with E-state index in [9.17, 15) is 9.59 Å². The van der Waals surface area contributed by atoms with E-state index >= 15 is 0 Å². The van der Waals surface area contributed by atoms with E-state index in [4.69, 9.17) is 9.47 Å². The molecule has 0 N–H and O–H groups in total. The van der Waals surface area contributed by atoms with Gasteiger partial charge in [-0.1, -0.05) is 98.3 Å². The maximum atomic E-state index is 12.6. The summed E-state index contributed by atoms with van der Waals surface area (Å²) in [6.45, 7) is 9.97. The molecule has 2 unspecified atom stereocenters. The van der Waals surface area contributed by atoms with Crippen LogP contribution in [0.3, 0.4) is 0 Å². The topological polar surface area (TPSA) is 52.6 Å². The van der Waals surface area contributed by atoms with Crippen molar-refractivity contribution in [3.63, 3.8) is 0 Å². The molecule has 32 heavy (non-hydrogen) atoms. The minimum Gasteiger partial charge on any atom is -0.465 e. The summed E-state index contributed by atoms with van der Waals surface area (Å²) in [7, 11) is 0. The Morgan fingerprint density at radius 2 is 0.938 bits per heavy atom. The van der Waals surface area contributed by atoms with Crippen LogP contribution in [0.15, 0.2) is 0 Å². The SMILES string of the molecule is CC(C)CCCCCCCCCCOC(=O)C1CCCCC1C(=O)OCCCCC(C)C. The van der Waals surface area contributed by atoms with Crippen LogP contribution in [0.25, 0.3) is 0 Å². The molecule has 1 rings (SSSR count). The Kier molecular flexibility index (Phi) is 16.6. The molecule has 0 aromatic heterocycles. The third-order valence-electron chi connectivity index (χ3n) is 6.71. The van der Waals surface area contributed by atoms with Crippen molar-refractivity contribution in [2.45, 2.75) is 130 Å². The van der Waals surface area contributed by atoms with Crippen molar-refractivity contribution in [2.75, 3.05) is 13.2 Å². The van der Waals surface area contributed by atoms with Crippen LogP contribution in [0, 0.1) is 23.7 Å². The second kappa shape index (κ2) is 18.4. The molecular formula is C28H52O4. The van der Waals surface area contributed by atoms with Crippen LogP contribution >= 0.6 is 0 Å². The van der Waals surface area contributed by atoms with Crippen LogP contribution in [-0.4, -0.2) is 25.2 Å². The highest BCUT2D eigenvalue weighted by atomic mass is 16.5. The normalized spacial score (nSPS) is 18.8. The van der Waals surface area contributed by atoms with E-state index in [1.807, 2.05) is 0 Å². The first-order valence-corrected chi connectivity index (χ1v) is 13.7. The first-order valence-electron chi connectivity index (χ1n) is 13.7. The molecule has 0 spiro atoms. The fourth-order valence-corrected chi connectivity index (χ4v) is 4.62. The van der Waals surface area contributed by atoms with Gasteiger partial charge in [-0.15, -0.1) is 0 Å². The lowest BCUT2D eigenvalue weighted by Gasteiger charge is -2.28. The van der Waals surface area contributed by atoms with Gasteiger partial charge in [0, 0.05) is 0 Å². The summed E-state index contributed by atoms with van der Waals surface area (Å²) in [5, 5.41) is 0. The van der Waals surface area contributed by atoms with E-state index in [1.165, 1.54) is 44.9 Å². The maximum Gasteiger partial charge on any atom is 0.309 e. The second-order valence-corrected chi connectivity index (χ2v) is 10.7. The van der Waals surface area contributed by atoms with Gasteiger partial charge in [0.05, 0.1) is 25.0 Å². The molecule has 1 fully saturated rings. The molecule has 0 bridgehead atoms. The summed E-state index contributed by atoms with van der Waals surface area (Å²) >= 11 is 0. The van der Waals surface area contributed by atoms with Crippen molar-refractivity contribution in [2.24, 2.45) is 23.7 Å². The van der Waals surface area contributed by atoms with Crippen molar-refractivity contribution >= 4 is 11.9 Å². The zero-order valence-electron chi connectivity index (χ0n) is 21.7. The summed E-state index contributed by atoms with van der Waals surface area (Å²) in [4.78, 5) is 25.2. The summed E-state index contributed by atoms with van der Waals surface area (Å²) in [6, 6.07) is 0. The molecule has 188 valence electrons. The van der Waals surface area contributed by atoms with Gasteiger partial charge in [-0.25, -0.2) is 0 Å². The molecule has 0 aromatic carbocycles. The third-order valence-corrected chi connectivity index (χ3v) is 6.71. The minimum absolute atomic E-state index is 0.184. The van der Waals surface area contributed by atoms with Crippen LogP contribution in [0.5, 0.6) is 0 Å². The second-order valence-electron chi connectivity index (χ2n) is 10.7. The number of carbonyl (C=O) groups excluding carboxylic acids is 2. The van der Waals surface area contributed by atoms with Gasteiger partial charge in [0.1, 0.15) is 0 Å². The van der Waals surface area contributed by atoms with E-state index in [1.54, 1.807) is 0 Å². The van der Waals surface area contributed by atoms with E-state index in [-0.39, 0.29) is 23.8 Å². The Labute approximate surface area is 198 Å². The highest BCUT2D eigenvalue weighted by Crippen LogP contribution is 2.32. The number of ether oxygens (including phenoxy) is 2. The first kappa shape index (κ1) is 29.0. The molecule has 0 saturated heterocycles. The van der Waals surface area contributed by atoms with Gasteiger partial charge in [0.15, 0.2) is 0 Å². The Morgan fingerprint density at radius 3 is 1.38 bits per heavy atom. The number of hydrogen-bond acceptors (Lipinski definition) is 4. The van der Waals surface area contributed by atoms with Crippen LogP contribution in [0.2, 0.25) is 0 Å². The van der Waals surface area contributed by atoms with Gasteiger partial charge in [-0.05, 0) is 43.9 Å². The molecule has 4 nitrogen and oxygen atoms in total. The van der Waals surface area contributed by atoms with Crippen LogP contribution in [0.4, 0.5) is 0 Å². The van der Waals surface area contributed by atoms with Crippen molar-refractivity contribution < 1.29 is 19.1 Å². The van der Waals surface area contributed by atoms with Gasteiger partial charge < -0.3 is 9.47 Å². The standard InChI is InChI=1S/C28H52O4/c1-23(2)17-11-9-7-5-6-8-10-15-21-31-27(29)25-19-12-13-20-26(25)28(30)32-22-16-14-18-24(3)4/h23-26H,5-22H2,1-4H3. The van der Waals surface area contributed by atoms with Gasteiger partial charge in [-0.3, -0.25) is 9.59 Å². The van der Waals surface area contributed by atoms with E-state index < -0.39 is 0 Å². The highest BCUT2D eigenvalue weighted by molar-refractivity contribution is 5.82. The number of unbranched alkanes of at least 4 members (excludes halogenated alkanes) is 8. The highest BCUT2D eigenvalue weighted by Gasteiger charge is 2.37. The van der Waals surface area contributed by atoms with Crippen molar-refractivity contribution in [1.29, 1.82) is 0 Å². The monoisotopic (exact) mass is 452 g/mol. The lowest BCUT2D eigenvalue weighted by atomic mass is 9.79. The van der Waals surface area contributed by atoms with Gasteiger partial charge in [-0.2, -0.15) is 0 Å². The minimum atomic E-state index is -0.308. The van der Waals surface area contributed by atoms with E-state index in [0.29, 0.717) is 19.1 Å². The van der Waals surface area contributed by atoms with Crippen molar-refractivity contribution in [1.82, 2.24) is 0 Å². The number of rotatable bonds is 18. The summed E-state index contributed by atoms with van der Waals surface area (Å²) in [5.74, 6) is 0.519. The molecule has 4 heteroatoms. The Morgan fingerprint density at radius 1 is 0.594 bits per heavy atom. The van der Waals surface area contributed by atoms with Crippen molar-refractivity contribution in [3.8, 4) is 0 Å². The zero-order valence-corrected chi connectivity index (χ0v) is 21.7. The summed E-state index contributed by atoms with van der Waals surface area (Å²) < 4.78 is 11.1. The molecule has 1 saturated carbocycles. The zero-order chi connectivity index (χ0) is 23.6. The molecule has 0 aromatic rings. The average Bonchev–Trinajstić information content (AvgIpc) is 2.76. The molecular weight excluding hydrogens is 400 g/mol. The maximum absolute atomic E-state index is 12.6. The van der Waals surface area contributed by atoms with E-state index in [0.717, 1.165) is 63.7 Å². The third kappa shape index (κ3) is 14.2. The van der Waals surface area contributed by atoms with Crippen LogP contribution in [0.1, 0.15) is 130 Å². The molecule has 1 aliphatic rings. The predicted molar refractivity (Wildman–Crippen MR) is 132 cm³/mol. The Balaban J connectivity index is 2.13. The largest absolute Gasteiger partial charge is 0.465 e. The molecule has 2 atom stereocenters. The van der Waals surface area contributed by atoms with Gasteiger partial charge in [0.25, 0.3) is 0 Å². The summed E-state index contributed by atoms with van der Waals surface area (Å²) in [5.41, 5.74) is 0. The smallest absolute Gasteiger partial charge is 0.309 e. The lowest BCUT2D eigenvalue weighted by molar-refractivity contribution is -0.163. The molecule has 0 aliphatic heterocycles. The van der Waals surface area contributed by atoms with Gasteiger partial charge >= 0.3 is 11.9 Å².